The number of halogens is 1. The van der Waals surface area contributed by atoms with Crippen LogP contribution in [-0.2, 0) is 14.3 Å². The number of nitrogens with one attached hydrogen (secondary N) is 3. The fraction of sp³-hybridized carbons (Fsp3) is 0.600. The molecule has 0 radical (unpaired) electrons. The van der Waals surface area contributed by atoms with E-state index in [4.69, 9.17) is 9.47 Å². The summed E-state index contributed by atoms with van der Waals surface area (Å²) in [4.78, 5) is 16.2. The number of anilines is 1. The van der Waals surface area contributed by atoms with Crippen molar-refractivity contribution in [1.29, 1.82) is 0 Å². The maximum absolute atomic E-state index is 12.9. The molecule has 0 aliphatic carbocycles. The van der Waals surface area contributed by atoms with E-state index in [0.29, 0.717) is 37.3 Å². The predicted molar refractivity (Wildman–Crippen MR) is 108 cm³/mol. The Hall–Kier alpha value is -2.19. The van der Waals surface area contributed by atoms with Gasteiger partial charge >= 0.3 is 0 Å². The molecule has 156 valence electrons. The lowest BCUT2D eigenvalue weighted by Crippen LogP contribution is -2.38. The van der Waals surface area contributed by atoms with Crippen molar-refractivity contribution in [2.45, 2.75) is 26.2 Å². The van der Waals surface area contributed by atoms with Crippen LogP contribution >= 0.6 is 0 Å². The molecule has 1 aromatic rings. The molecule has 1 heterocycles. The molecule has 1 aliphatic heterocycles. The lowest BCUT2D eigenvalue weighted by Gasteiger charge is -2.21. The maximum atomic E-state index is 12.9. The number of guanidine groups is 1. The number of hydrogen-bond donors (Lipinski definition) is 3. The van der Waals surface area contributed by atoms with E-state index in [1.54, 1.807) is 0 Å². The van der Waals surface area contributed by atoms with Gasteiger partial charge in [0.1, 0.15) is 12.4 Å². The van der Waals surface area contributed by atoms with E-state index in [2.05, 4.69) is 20.9 Å². The van der Waals surface area contributed by atoms with Gasteiger partial charge in [0.15, 0.2) is 5.96 Å². The zero-order valence-corrected chi connectivity index (χ0v) is 16.5. The van der Waals surface area contributed by atoms with Crippen LogP contribution in [0.15, 0.2) is 29.3 Å². The quantitative estimate of drug-likeness (QED) is 0.322. The summed E-state index contributed by atoms with van der Waals surface area (Å²) >= 11 is 0. The molecule has 0 spiro atoms. The minimum atomic E-state index is -0.341. The Balaban J connectivity index is 1.62. The second kappa shape index (κ2) is 13.1. The number of amides is 1. The second-order valence-corrected chi connectivity index (χ2v) is 6.66. The van der Waals surface area contributed by atoms with Gasteiger partial charge < -0.3 is 25.4 Å². The van der Waals surface area contributed by atoms with Crippen molar-refractivity contribution in [1.82, 2.24) is 10.6 Å². The minimum absolute atomic E-state index is 0.0209. The number of carbonyl (C=O) groups is 1. The average Bonchev–Trinajstić information content (AvgIpc) is 2.71. The van der Waals surface area contributed by atoms with Crippen LogP contribution in [0, 0.1) is 11.7 Å². The molecular formula is C20H31FN4O3. The van der Waals surface area contributed by atoms with Crippen LogP contribution in [-0.4, -0.2) is 57.9 Å². The molecule has 7 nitrogen and oxygen atoms in total. The fourth-order valence-corrected chi connectivity index (χ4v) is 2.77. The molecule has 0 bridgehead atoms. The summed E-state index contributed by atoms with van der Waals surface area (Å²) in [6, 6.07) is 5.63. The van der Waals surface area contributed by atoms with Gasteiger partial charge in [0.05, 0.1) is 0 Å². The Morgan fingerprint density at radius 1 is 1.25 bits per heavy atom. The molecule has 1 aliphatic rings. The van der Waals surface area contributed by atoms with Gasteiger partial charge in [-0.05, 0) is 56.4 Å². The van der Waals surface area contributed by atoms with Crippen LogP contribution in [0.4, 0.5) is 10.1 Å². The van der Waals surface area contributed by atoms with Crippen molar-refractivity contribution in [2.24, 2.45) is 10.9 Å². The number of hydrogen-bond acceptors (Lipinski definition) is 4. The highest BCUT2D eigenvalue weighted by atomic mass is 19.1. The molecule has 0 unspecified atom stereocenters. The van der Waals surface area contributed by atoms with Crippen LogP contribution < -0.4 is 16.0 Å². The Morgan fingerprint density at radius 2 is 2.00 bits per heavy atom. The van der Waals surface area contributed by atoms with E-state index in [0.717, 1.165) is 39.1 Å². The number of rotatable bonds is 10. The highest BCUT2D eigenvalue weighted by Gasteiger charge is 2.13. The van der Waals surface area contributed by atoms with Crippen molar-refractivity contribution in [2.75, 3.05) is 51.4 Å². The number of aliphatic imine (C=N–C) groups is 1. The summed E-state index contributed by atoms with van der Waals surface area (Å²) in [5, 5.41) is 8.99. The topological polar surface area (TPSA) is 84.0 Å². The van der Waals surface area contributed by atoms with Gasteiger partial charge in [0.25, 0.3) is 0 Å². The van der Waals surface area contributed by atoms with Crippen molar-refractivity contribution in [3.63, 3.8) is 0 Å². The molecule has 2 rings (SSSR count). The third kappa shape index (κ3) is 9.14. The first-order valence-electron chi connectivity index (χ1n) is 9.90. The van der Waals surface area contributed by atoms with Gasteiger partial charge in [0.2, 0.25) is 5.91 Å². The van der Waals surface area contributed by atoms with E-state index in [-0.39, 0.29) is 18.3 Å². The summed E-state index contributed by atoms with van der Waals surface area (Å²) < 4.78 is 24.0. The van der Waals surface area contributed by atoms with Crippen LogP contribution in [0.1, 0.15) is 26.2 Å². The van der Waals surface area contributed by atoms with Gasteiger partial charge in [0, 0.05) is 45.2 Å². The van der Waals surface area contributed by atoms with Gasteiger partial charge in [-0.1, -0.05) is 0 Å². The average molecular weight is 394 g/mol. The molecular weight excluding hydrogens is 363 g/mol. The Labute approximate surface area is 166 Å². The summed E-state index contributed by atoms with van der Waals surface area (Å²) in [7, 11) is 0. The summed E-state index contributed by atoms with van der Waals surface area (Å²) in [6.07, 6.45) is 3.01. The standard InChI is InChI=1S/C20H31FN4O3/c1-2-22-20(23-10-3-11-28-15-16-8-12-27-13-9-16)24-14-19(26)25-18-6-4-17(21)5-7-18/h4-7,16H,2-3,8-15H2,1H3,(H,25,26)(H2,22,23,24). The SMILES string of the molecule is CCNC(=NCC(=O)Nc1ccc(F)cc1)NCCCOCC1CCOCC1. The van der Waals surface area contributed by atoms with E-state index in [9.17, 15) is 9.18 Å². The maximum Gasteiger partial charge on any atom is 0.246 e. The number of ether oxygens (including phenoxy) is 2. The van der Waals surface area contributed by atoms with Crippen LogP contribution in [0.5, 0.6) is 0 Å². The third-order valence-corrected chi connectivity index (χ3v) is 4.31. The normalized spacial score (nSPS) is 15.3. The van der Waals surface area contributed by atoms with Gasteiger partial charge in [-0.2, -0.15) is 0 Å². The van der Waals surface area contributed by atoms with Crippen LogP contribution in [0.2, 0.25) is 0 Å². The highest BCUT2D eigenvalue weighted by Crippen LogP contribution is 2.14. The number of nitrogens with zero attached hydrogens (tertiary/aromatic N) is 1. The molecule has 0 aromatic heterocycles. The first-order chi connectivity index (χ1) is 13.7. The third-order valence-electron chi connectivity index (χ3n) is 4.31. The second-order valence-electron chi connectivity index (χ2n) is 6.66. The molecule has 0 atom stereocenters. The van der Waals surface area contributed by atoms with E-state index < -0.39 is 0 Å². The molecule has 1 saturated heterocycles. The van der Waals surface area contributed by atoms with Crippen molar-refractivity contribution >= 4 is 17.6 Å². The monoisotopic (exact) mass is 394 g/mol. The zero-order chi connectivity index (χ0) is 20.0. The molecule has 8 heteroatoms. The number of carbonyl (C=O) groups excluding carboxylic acids is 1. The van der Waals surface area contributed by atoms with E-state index >= 15 is 0 Å². The van der Waals surface area contributed by atoms with E-state index in [1.165, 1.54) is 24.3 Å². The Morgan fingerprint density at radius 3 is 2.71 bits per heavy atom. The summed E-state index contributed by atoms with van der Waals surface area (Å²) in [5.74, 6) is 0.594. The van der Waals surface area contributed by atoms with Crippen molar-refractivity contribution < 1.29 is 18.7 Å². The first-order valence-corrected chi connectivity index (χ1v) is 9.90. The molecule has 1 fully saturated rings. The van der Waals surface area contributed by atoms with Gasteiger partial charge in [-0.3, -0.25) is 4.79 Å². The fourth-order valence-electron chi connectivity index (χ4n) is 2.77. The zero-order valence-electron chi connectivity index (χ0n) is 16.5. The van der Waals surface area contributed by atoms with Crippen LogP contribution in [0.3, 0.4) is 0 Å². The van der Waals surface area contributed by atoms with Gasteiger partial charge in [-0.15, -0.1) is 0 Å². The van der Waals surface area contributed by atoms with Gasteiger partial charge in [-0.25, -0.2) is 9.38 Å². The van der Waals surface area contributed by atoms with Crippen molar-refractivity contribution in [3.8, 4) is 0 Å². The molecule has 1 aromatic carbocycles. The molecule has 0 saturated carbocycles. The Bertz CT molecular complexity index is 604. The lowest BCUT2D eigenvalue weighted by atomic mass is 10.0. The van der Waals surface area contributed by atoms with Crippen LogP contribution in [0.25, 0.3) is 0 Å². The summed E-state index contributed by atoms with van der Waals surface area (Å²) in [5.41, 5.74) is 0.543. The smallest absolute Gasteiger partial charge is 0.246 e. The molecule has 1 amide bonds. The van der Waals surface area contributed by atoms with E-state index in [1.807, 2.05) is 6.92 Å². The predicted octanol–water partition coefficient (Wildman–Crippen LogP) is 2.15. The lowest BCUT2D eigenvalue weighted by molar-refractivity contribution is -0.114. The molecule has 28 heavy (non-hydrogen) atoms. The van der Waals surface area contributed by atoms with Crippen molar-refractivity contribution in [3.05, 3.63) is 30.1 Å². The first kappa shape index (κ1) is 22.1. The highest BCUT2D eigenvalue weighted by molar-refractivity contribution is 5.94. The summed E-state index contributed by atoms with van der Waals surface area (Å²) in [6.45, 7) is 6.51. The Kier molecular flexibility index (Phi) is 10.3. The molecule has 3 N–H and O–H groups in total. The largest absolute Gasteiger partial charge is 0.381 e. The minimum Gasteiger partial charge on any atom is -0.381 e. The number of benzene rings is 1.